The molecule has 0 aromatic heterocycles. The van der Waals surface area contributed by atoms with Gasteiger partial charge in [0, 0.05) is 23.2 Å². The summed E-state index contributed by atoms with van der Waals surface area (Å²) in [7, 11) is -9.56. The van der Waals surface area contributed by atoms with Crippen LogP contribution < -0.4 is 14.2 Å². The Hall–Kier alpha value is -4.83. The molecule has 324 valence electrons. The molecule has 0 aliphatic heterocycles. The monoisotopic (exact) mass is 969 g/mol. The number of hydrogen-bond donors (Lipinski definition) is 0. The van der Waals surface area contributed by atoms with Gasteiger partial charge in [-0.3, -0.25) is 0 Å². The van der Waals surface area contributed by atoms with E-state index in [0.29, 0.717) is 22.1 Å². The van der Waals surface area contributed by atoms with Crippen molar-refractivity contribution in [3.05, 3.63) is 151 Å². The molecule has 0 fully saturated rings. The number of benzene rings is 6. The van der Waals surface area contributed by atoms with Gasteiger partial charge in [-0.2, -0.15) is 3.74 Å². The molecule has 14 nitrogen and oxygen atoms in total. The van der Waals surface area contributed by atoms with Gasteiger partial charge < -0.3 is 18.8 Å². The van der Waals surface area contributed by atoms with Gasteiger partial charge in [0.15, 0.2) is 19.7 Å². The lowest BCUT2D eigenvalue weighted by Gasteiger charge is -2.12. The minimum Gasteiger partial charge on any atom is -0.749 e. The third kappa shape index (κ3) is 14.9. The molecule has 0 bridgehead atoms. The molecule has 0 spiro atoms. The second-order valence-electron chi connectivity index (χ2n) is 12.7. The van der Waals surface area contributed by atoms with Crippen molar-refractivity contribution in [1.82, 2.24) is 0 Å². The summed E-state index contributed by atoms with van der Waals surface area (Å²) < 4.78 is 135. The molecule has 6 rings (SSSR count). The van der Waals surface area contributed by atoms with E-state index in [0.717, 1.165) is 29.2 Å². The van der Waals surface area contributed by atoms with Crippen molar-refractivity contribution in [2.24, 2.45) is 0 Å². The van der Waals surface area contributed by atoms with Gasteiger partial charge in [-0.15, -0.1) is 0 Å². The molecule has 0 saturated heterocycles. The maximum atomic E-state index is 13.2. The quantitative estimate of drug-likeness (QED) is 0.0828. The van der Waals surface area contributed by atoms with Gasteiger partial charge in [-0.25, -0.2) is 37.9 Å². The topological polar surface area (TPSA) is 214 Å². The van der Waals surface area contributed by atoms with Crippen LogP contribution in [0.15, 0.2) is 164 Å². The fraction of sp³-hybridized carbons (Fsp3) is 0.100. The van der Waals surface area contributed by atoms with E-state index in [9.17, 15) is 33.7 Å². The average Bonchev–Trinajstić information content (AvgIpc) is 3.20. The molecule has 21 heteroatoms. The first-order valence-corrected chi connectivity index (χ1v) is 25.9. The lowest BCUT2D eigenvalue weighted by Crippen LogP contribution is -2.05. The van der Waals surface area contributed by atoms with Crippen LogP contribution in [0.1, 0.15) is 11.1 Å². The molecule has 6 aromatic rings. The van der Waals surface area contributed by atoms with Gasteiger partial charge in [0.05, 0.1) is 31.4 Å². The minimum absolute atomic E-state index is 0.0479. The molecule has 0 radical (unpaired) electrons. The number of rotatable bonds is 12. The highest BCUT2D eigenvalue weighted by Crippen LogP contribution is 2.35. The first-order valence-electron chi connectivity index (χ1n) is 17.0. The molecule has 0 amide bonds. The maximum absolute atomic E-state index is 13.2. The smallest absolute Gasteiger partial charge is 0.265 e. The van der Waals surface area contributed by atoms with Crippen LogP contribution in [0.3, 0.4) is 0 Å². The van der Waals surface area contributed by atoms with E-state index < -0.39 is 54.8 Å². The predicted octanol–water partition coefficient (Wildman–Crippen LogP) is 8.89. The number of hydrogen-bond acceptors (Lipinski definition) is 14. The number of ether oxygens (including phenoxy) is 3. The van der Waals surface area contributed by atoms with E-state index in [1.807, 2.05) is 50.2 Å². The highest BCUT2D eigenvalue weighted by molar-refractivity contribution is 8.13. The average molecular weight is 971 g/mol. The Labute approximate surface area is 366 Å². The van der Waals surface area contributed by atoms with Crippen molar-refractivity contribution in [3.63, 3.8) is 0 Å². The Morgan fingerprint density at radius 3 is 1.08 bits per heavy atom. The van der Waals surface area contributed by atoms with Crippen molar-refractivity contribution in [2.45, 2.75) is 38.3 Å². The molecule has 6 aromatic carbocycles. The van der Waals surface area contributed by atoms with E-state index in [2.05, 4.69) is 15.6 Å². The van der Waals surface area contributed by atoms with Gasteiger partial charge in [0.25, 0.3) is 9.05 Å². The lowest BCUT2D eigenvalue weighted by molar-refractivity contribution is 0.457. The van der Waals surface area contributed by atoms with Gasteiger partial charge in [-0.05, 0) is 129 Å². The summed E-state index contributed by atoms with van der Waals surface area (Å²) in [5.41, 5.74) is 2.23. The van der Waals surface area contributed by atoms with Crippen LogP contribution in [0.2, 0.25) is 0 Å². The predicted molar refractivity (Wildman–Crippen MR) is 229 cm³/mol. The molecule has 0 aliphatic carbocycles. The molecule has 0 N–H and O–H groups in total. The lowest BCUT2D eigenvalue weighted by atomic mass is 10.2. The van der Waals surface area contributed by atoms with E-state index in [1.54, 1.807) is 36.4 Å². The number of aryl methyl sites for hydroxylation is 2. The van der Waals surface area contributed by atoms with Crippen LogP contribution in [0.5, 0.6) is 34.5 Å². The molecular formula is C40H35Cl2O14S5-. The third-order valence-electron chi connectivity index (χ3n) is 7.92. The Morgan fingerprint density at radius 1 is 0.475 bits per heavy atom. The fourth-order valence-electron chi connectivity index (χ4n) is 4.87. The van der Waals surface area contributed by atoms with E-state index in [4.69, 9.17) is 33.7 Å². The highest BCUT2D eigenvalue weighted by atomic mass is 35.7. The summed E-state index contributed by atoms with van der Waals surface area (Å²) in [5.74, 6) is 2.25. The molecule has 0 heterocycles. The molecular weight excluding hydrogens is 936 g/mol. The van der Waals surface area contributed by atoms with Crippen LogP contribution in [-0.4, -0.2) is 54.9 Å². The van der Waals surface area contributed by atoms with Gasteiger partial charge in [0.2, 0.25) is 9.84 Å². The Kier molecular flexibility index (Phi) is 16.7. The summed E-state index contributed by atoms with van der Waals surface area (Å²) in [6, 6.07) is 35.6. The number of sulfone groups is 3. The third-order valence-corrected chi connectivity index (χ3v) is 13.7. The summed E-state index contributed by atoms with van der Waals surface area (Å²) in [6.07, 6.45) is 2.23. The summed E-state index contributed by atoms with van der Waals surface area (Å²) in [4.78, 5) is -0.627. The Morgan fingerprint density at radius 2 is 0.770 bits per heavy atom. The van der Waals surface area contributed by atoms with Gasteiger partial charge in [0.1, 0.15) is 50.8 Å². The first kappa shape index (κ1) is 48.8. The van der Waals surface area contributed by atoms with Crippen LogP contribution in [-0.2, 0) is 53.7 Å². The second-order valence-corrected chi connectivity index (χ2v) is 22.1. The van der Waals surface area contributed by atoms with Crippen molar-refractivity contribution >= 4 is 72.5 Å². The minimum atomic E-state index is -4.43. The SMILES string of the molecule is Cc1ccc(Oc2ccc(S(=O)(=O)c3ccc(Oc4ccc(S(C)(=O)=O)cc4)c(S(=O)(=O)Cl)c3)cc2)cc1.Cc1ccc(Oc2ccc(S(C)(=O)=O)cc2)cc1.O=S([O-])OCl. The molecule has 1 unspecified atom stereocenters. The molecule has 0 saturated carbocycles. The Bertz CT molecular complexity index is 2910. The van der Waals surface area contributed by atoms with E-state index in [1.165, 1.54) is 66.9 Å². The zero-order chi connectivity index (χ0) is 45.2. The normalized spacial score (nSPS) is 12.1. The van der Waals surface area contributed by atoms with Crippen molar-refractivity contribution < 1.29 is 60.4 Å². The fourth-order valence-corrected chi connectivity index (χ4v) is 8.48. The zero-order valence-corrected chi connectivity index (χ0v) is 37.9. The van der Waals surface area contributed by atoms with Crippen molar-refractivity contribution in [1.29, 1.82) is 0 Å². The van der Waals surface area contributed by atoms with Crippen LogP contribution in [0, 0.1) is 13.8 Å². The first-order chi connectivity index (χ1) is 28.4. The van der Waals surface area contributed by atoms with Gasteiger partial charge >= 0.3 is 0 Å². The van der Waals surface area contributed by atoms with Crippen molar-refractivity contribution in [3.8, 4) is 34.5 Å². The van der Waals surface area contributed by atoms with E-state index >= 15 is 0 Å². The molecule has 0 aliphatic rings. The molecule has 1 atom stereocenters. The second kappa shape index (κ2) is 20.8. The zero-order valence-electron chi connectivity index (χ0n) is 32.3. The summed E-state index contributed by atoms with van der Waals surface area (Å²) in [6.45, 7) is 3.95. The Balaban J connectivity index is 0.000000294. The van der Waals surface area contributed by atoms with Crippen LogP contribution in [0.25, 0.3) is 0 Å². The van der Waals surface area contributed by atoms with Crippen LogP contribution >= 0.6 is 22.5 Å². The van der Waals surface area contributed by atoms with E-state index in [-0.39, 0.29) is 26.2 Å². The standard InChI is InChI=1S/C26H21ClO8S3.C14H14O3S.ClHO3S/c1-18-3-5-19(6-4-18)34-20-9-13-23(14-10-20)37(30,31)24-15-16-25(26(17-24)38(27,32)33)35-21-7-11-22(12-8-21)36(2,28)29;1-11-3-5-12(6-4-11)17-13-7-9-14(10-8-13)18(2,15)16;1-4-5(2)3/h3-17H,1-2H3;3-10H,1-2H3;(H,2,3)/p-1. The summed E-state index contributed by atoms with van der Waals surface area (Å²) in [5, 5.41) is 0. The van der Waals surface area contributed by atoms with Gasteiger partial charge in [-0.1, -0.05) is 35.4 Å². The maximum Gasteiger partial charge on any atom is 0.265 e. The largest absolute Gasteiger partial charge is 0.749 e. The summed E-state index contributed by atoms with van der Waals surface area (Å²) >= 11 is 1.67. The molecule has 61 heavy (non-hydrogen) atoms. The van der Waals surface area contributed by atoms with Crippen LogP contribution in [0.4, 0.5) is 0 Å². The highest BCUT2D eigenvalue weighted by Gasteiger charge is 2.25. The number of halogens is 2. The van der Waals surface area contributed by atoms with Crippen molar-refractivity contribution in [2.75, 3.05) is 12.5 Å².